The van der Waals surface area contributed by atoms with Gasteiger partial charge in [0.2, 0.25) is 0 Å². The molecule has 1 aromatic rings. The summed E-state index contributed by atoms with van der Waals surface area (Å²) in [5, 5.41) is 18.1. The molecule has 0 aromatic carbocycles. The van der Waals surface area contributed by atoms with E-state index in [0.29, 0.717) is 5.56 Å². The van der Waals surface area contributed by atoms with Crippen molar-refractivity contribution in [1.82, 2.24) is 10.2 Å². The van der Waals surface area contributed by atoms with E-state index in [1.165, 1.54) is 12.4 Å². The molecule has 0 spiro atoms. The SMILES string of the molecule is ON=Cc1ccnnc1Cl. The quantitative estimate of drug-likeness (QED) is 0.375. The highest BCUT2D eigenvalue weighted by Gasteiger charge is 1.95. The van der Waals surface area contributed by atoms with E-state index in [0.717, 1.165) is 0 Å². The lowest BCUT2D eigenvalue weighted by atomic mass is 10.3. The smallest absolute Gasteiger partial charge is 0.160 e. The summed E-state index contributed by atoms with van der Waals surface area (Å²) in [6, 6.07) is 1.59. The monoisotopic (exact) mass is 157 g/mol. The predicted molar refractivity (Wildman–Crippen MR) is 36.4 cm³/mol. The molecule has 5 heteroatoms. The molecule has 0 saturated heterocycles. The maximum absolute atomic E-state index is 8.11. The average molecular weight is 158 g/mol. The predicted octanol–water partition coefficient (Wildman–Crippen LogP) is 0.938. The van der Waals surface area contributed by atoms with Crippen LogP contribution < -0.4 is 0 Å². The fraction of sp³-hybridized carbons (Fsp3) is 0. The van der Waals surface area contributed by atoms with Crippen molar-refractivity contribution in [3.05, 3.63) is 23.0 Å². The van der Waals surface area contributed by atoms with E-state index in [9.17, 15) is 0 Å². The van der Waals surface area contributed by atoms with Crippen LogP contribution in [0.1, 0.15) is 5.56 Å². The normalized spacial score (nSPS) is 10.5. The number of halogens is 1. The van der Waals surface area contributed by atoms with Crippen molar-refractivity contribution < 1.29 is 5.21 Å². The molecule has 0 radical (unpaired) electrons. The Hall–Kier alpha value is -1.16. The van der Waals surface area contributed by atoms with Crippen LogP contribution in [0.5, 0.6) is 0 Å². The molecule has 0 fully saturated rings. The van der Waals surface area contributed by atoms with Crippen LogP contribution in [0.4, 0.5) is 0 Å². The Morgan fingerprint density at radius 1 is 1.70 bits per heavy atom. The number of hydrogen-bond acceptors (Lipinski definition) is 4. The third-order valence-electron chi connectivity index (χ3n) is 0.901. The molecule has 0 unspecified atom stereocenters. The molecule has 1 N–H and O–H groups in total. The van der Waals surface area contributed by atoms with E-state index in [2.05, 4.69) is 15.4 Å². The average Bonchev–Trinajstić information content (AvgIpc) is 1.94. The minimum Gasteiger partial charge on any atom is -0.411 e. The third-order valence-corrected chi connectivity index (χ3v) is 1.20. The molecule has 4 nitrogen and oxygen atoms in total. The van der Waals surface area contributed by atoms with E-state index in [1.54, 1.807) is 6.07 Å². The van der Waals surface area contributed by atoms with Gasteiger partial charge in [-0.05, 0) is 6.07 Å². The summed E-state index contributed by atoms with van der Waals surface area (Å²) in [6.45, 7) is 0. The molecule has 1 rings (SSSR count). The first-order valence-electron chi connectivity index (χ1n) is 2.49. The molecular weight excluding hydrogens is 154 g/mol. The van der Waals surface area contributed by atoms with Gasteiger partial charge in [0.25, 0.3) is 0 Å². The summed E-state index contributed by atoms with van der Waals surface area (Å²) in [6.07, 6.45) is 2.65. The summed E-state index contributed by atoms with van der Waals surface area (Å²) >= 11 is 5.53. The van der Waals surface area contributed by atoms with Gasteiger partial charge in [-0.25, -0.2) is 0 Å². The highest BCUT2D eigenvalue weighted by Crippen LogP contribution is 2.06. The first kappa shape index (κ1) is 6.95. The van der Waals surface area contributed by atoms with Gasteiger partial charge in [0.15, 0.2) is 5.15 Å². The van der Waals surface area contributed by atoms with Crippen LogP contribution in [0.15, 0.2) is 17.4 Å². The lowest BCUT2D eigenvalue weighted by molar-refractivity contribution is 0.322. The molecule has 1 heterocycles. The van der Waals surface area contributed by atoms with E-state index in [1.807, 2.05) is 0 Å². The van der Waals surface area contributed by atoms with Crippen LogP contribution in [-0.2, 0) is 0 Å². The van der Waals surface area contributed by atoms with Crippen molar-refractivity contribution in [2.75, 3.05) is 0 Å². The van der Waals surface area contributed by atoms with Crippen molar-refractivity contribution in [3.63, 3.8) is 0 Å². The number of rotatable bonds is 1. The van der Waals surface area contributed by atoms with Crippen molar-refractivity contribution >= 4 is 17.8 Å². The number of hydrogen-bond donors (Lipinski definition) is 1. The largest absolute Gasteiger partial charge is 0.411 e. The molecule has 0 aliphatic carbocycles. The van der Waals surface area contributed by atoms with Gasteiger partial charge in [0.1, 0.15) is 0 Å². The fourth-order valence-electron chi connectivity index (χ4n) is 0.483. The van der Waals surface area contributed by atoms with Crippen LogP contribution >= 0.6 is 11.6 Å². The van der Waals surface area contributed by atoms with Crippen LogP contribution in [-0.4, -0.2) is 21.6 Å². The first-order chi connectivity index (χ1) is 4.84. The highest BCUT2D eigenvalue weighted by molar-refractivity contribution is 6.31. The van der Waals surface area contributed by atoms with Gasteiger partial charge in [-0.3, -0.25) is 0 Å². The number of nitrogens with zero attached hydrogens (tertiary/aromatic N) is 3. The lowest BCUT2D eigenvalue weighted by Gasteiger charge is -1.90. The molecule has 1 aromatic heterocycles. The van der Waals surface area contributed by atoms with Crippen molar-refractivity contribution in [3.8, 4) is 0 Å². The maximum atomic E-state index is 8.11. The van der Waals surface area contributed by atoms with E-state index in [4.69, 9.17) is 16.8 Å². The third kappa shape index (κ3) is 1.41. The fourth-order valence-corrected chi connectivity index (χ4v) is 0.638. The van der Waals surface area contributed by atoms with Gasteiger partial charge in [-0.1, -0.05) is 16.8 Å². The second kappa shape index (κ2) is 3.12. The molecule has 0 saturated carbocycles. The summed E-state index contributed by atoms with van der Waals surface area (Å²) < 4.78 is 0. The molecule has 0 bridgehead atoms. The van der Waals surface area contributed by atoms with Crippen LogP contribution in [0.2, 0.25) is 5.15 Å². The van der Waals surface area contributed by atoms with Gasteiger partial charge in [0.05, 0.1) is 12.4 Å². The second-order valence-corrected chi connectivity index (χ2v) is 1.88. The van der Waals surface area contributed by atoms with Gasteiger partial charge < -0.3 is 5.21 Å². The standard InChI is InChI=1S/C5H4ClN3O/c6-5-4(3-8-10)1-2-7-9-5/h1-3,10H. The number of oxime groups is 1. The minimum absolute atomic E-state index is 0.223. The summed E-state index contributed by atoms with van der Waals surface area (Å²) in [7, 11) is 0. The van der Waals surface area contributed by atoms with Crippen molar-refractivity contribution in [1.29, 1.82) is 0 Å². The zero-order valence-electron chi connectivity index (χ0n) is 4.90. The Labute approximate surface area is 62.2 Å². The Morgan fingerprint density at radius 3 is 3.10 bits per heavy atom. The van der Waals surface area contributed by atoms with E-state index < -0.39 is 0 Å². The van der Waals surface area contributed by atoms with Crippen molar-refractivity contribution in [2.45, 2.75) is 0 Å². The van der Waals surface area contributed by atoms with Gasteiger partial charge in [-0.15, -0.1) is 5.10 Å². The molecule has 52 valence electrons. The molecule has 10 heavy (non-hydrogen) atoms. The molecule has 0 aliphatic rings. The molecule has 0 atom stereocenters. The summed E-state index contributed by atoms with van der Waals surface area (Å²) in [5.74, 6) is 0. The van der Waals surface area contributed by atoms with Crippen molar-refractivity contribution in [2.24, 2.45) is 5.16 Å². The zero-order valence-corrected chi connectivity index (χ0v) is 5.65. The zero-order chi connectivity index (χ0) is 7.40. The molecular formula is C5H4ClN3O. The van der Waals surface area contributed by atoms with Crippen LogP contribution in [0.25, 0.3) is 0 Å². The lowest BCUT2D eigenvalue weighted by Crippen LogP contribution is -1.87. The Bertz CT molecular complexity index is 250. The summed E-state index contributed by atoms with van der Waals surface area (Å²) in [4.78, 5) is 0. The molecule has 0 amide bonds. The van der Waals surface area contributed by atoms with Crippen LogP contribution in [0, 0.1) is 0 Å². The van der Waals surface area contributed by atoms with Gasteiger partial charge in [-0.2, -0.15) is 5.10 Å². The van der Waals surface area contributed by atoms with Gasteiger partial charge in [0, 0.05) is 5.56 Å². The Kier molecular flexibility index (Phi) is 2.17. The minimum atomic E-state index is 0.223. The van der Waals surface area contributed by atoms with Crippen LogP contribution in [0.3, 0.4) is 0 Å². The maximum Gasteiger partial charge on any atom is 0.160 e. The first-order valence-corrected chi connectivity index (χ1v) is 2.87. The second-order valence-electron chi connectivity index (χ2n) is 1.52. The summed E-state index contributed by atoms with van der Waals surface area (Å²) in [5.41, 5.74) is 0.541. The van der Waals surface area contributed by atoms with E-state index >= 15 is 0 Å². The Balaban J connectivity index is 3.03. The topological polar surface area (TPSA) is 58.4 Å². The molecule has 0 aliphatic heterocycles. The van der Waals surface area contributed by atoms with E-state index in [-0.39, 0.29) is 5.15 Å². The highest BCUT2D eigenvalue weighted by atomic mass is 35.5. The Morgan fingerprint density at radius 2 is 2.50 bits per heavy atom. The van der Waals surface area contributed by atoms with Gasteiger partial charge >= 0.3 is 0 Å². The number of aromatic nitrogens is 2.